The first-order valence-electron chi connectivity index (χ1n) is 6.41. The number of aromatic nitrogens is 1. The highest BCUT2D eigenvalue weighted by molar-refractivity contribution is 7.13. The van der Waals surface area contributed by atoms with Gasteiger partial charge in [0.1, 0.15) is 5.01 Å². The van der Waals surface area contributed by atoms with Crippen molar-refractivity contribution >= 4 is 22.7 Å². The van der Waals surface area contributed by atoms with Gasteiger partial charge >= 0.3 is 0 Å². The van der Waals surface area contributed by atoms with Gasteiger partial charge in [-0.3, -0.25) is 0 Å². The molecule has 0 radical (unpaired) electrons. The Morgan fingerprint density at radius 3 is 2.50 bits per heavy atom. The van der Waals surface area contributed by atoms with E-state index in [0.29, 0.717) is 0 Å². The van der Waals surface area contributed by atoms with Crippen LogP contribution in [0.15, 0.2) is 12.1 Å². The van der Waals surface area contributed by atoms with Crippen LogP contribution >= 0.6 is 22.7 Å². The molecule has 18 heavy (non-hydrogen) atoms. The molecule has 0 saturated heterocycles. The second kappa shape index (κ2) is 5.95. The summed E-state index contributed by atoms with van der Waals surface area (Å²) in [6, 6.07) is 4.67. The summed E-state index contributed by atoms with van der Waals surface area (Å²) < 4.78 is 0. The summed E-state index contributed by atoms with van der Waals surface area (Å²) in [7, 11) is 0. The number of rotatable bonds is 5. The van der Waals surface area contributed by atoms with Crippen molar-refractivity contribution in [2.45, 2.75) is 40.2 Å². The van der Waals surface area contributed by atoms with Crippen molar-refractivity contribution in [3.05, 3.63) is 37.5 Å². The molecule has 2 aromatic heterocycles. The fourth-order valence-electron chi connectivity index (χ4n) is 2.02. The molecule has 2 heterocycles. The van der Waals surface area contributed by atoms with Gasteiger partial charge in [0.05, 0.1) is 11.7 Å². The van der Waals surface area contributed by atoms with Crippen molar-refractivity contribution in [2.24, 2.45) is 0 Å². The monoisotopic (exact) mass is 280 g/mol. The van der Waals surface area contributed by atoms with Gasteiger partial charge in [-0.25, -0.2) is 4.98 Å². The van der Waals surface area contributed by atoms with Gasteiger partial charge in [0.25, 0.3) is 0 Å². The van der Waals surface area contributed by atoms with E-state index in [1.807, 2.05) is 22.7 Å². The lowest BCUT2D eigenvalue weighted by atomic mass is 10.2. The van der Waals surface area contributed by atoms with E-state index in [1.165, 1.54) is 25.3 Å². The van der Waals surface area contributed by atoms with Gasteiger partial charge < -0.3 is 5.32 Å². The molecule has 0 aliphatic carbocycles. The molecule has 2 nitrogen and oxygen atoms in total. The van der Waals surface area contributed by atoms with E-state index in [9.17, 15) is 0 Å². The van der Waals surface area contributed by atoms with E-state index in [2.05, 4.69) is 45.1 Å². The quantitative estimate of drug-likeness (QED) is 0.892. The maximum Gasteiger partial charge on any atom is 0.115 e. The average Bonchev–Trinajstić information content (AvgIpc) is 2.92. The lowest BCUT2D eigenvalue weighted by Crippen LogP contribution is -2.20. The van der Waals surface area contributed by atoms with Crippen LogP contribution in [0.3, 0.4) is 0 Å². The van der Waals surface area contributed by atoms with Crippen LogP contribution in [-0.2, 0) is 6.42 Å². The summed E-state index contributed by atoms with van der Waals surface area (Å²) in [5.41, 5.74) is 1.24. The number of nitrogens with one attached hydrogen (secondary N) is 1. The molecular weight excluding hydrogens is 260 g/mol. The standard InChI is InChI=1S/C14H20N2S2/c1-5-11-10(4)18-14(16-11)13(15-6-2)12-8-7-9(3)17-12/h7-8,13,15H,5-6H2,1-4H3. The minimum atomic E-state index is 0.262. The zero-order valence-electron chi connectivity index (χ0n) is 11.4. The number of thiazole rings is 1. The number of thiophene rings is 1. The fraction of sp³-hybridized carbons (Fsp3) is 0.500. The smallest absolute Gasteiger partial charge is 0.115 e. The first-order chi connectivity index (χ1) is 8.65. The summed E-state index contributed by atoms with van der Waals surface area (Å²) in [4.78, 5) is 8.87. The Morgan fingerprint density at radius 2 is 2.00 bits per heavy atom. The Kier molecular flexibility index (Phi) is 4.54. The molecule has 0 aliphatic rings. The lowest BCUT2D eigenvalue weighted by Gasteiger charge is -2.13. The van der Waals surface area contributed by atoms with E-state index in [-0.39, 0.29) is 6.04 Å². The molecule has 0 amide bonds. The Balaban J connectivity index is 2.34. The van der Waals surface area contributed by atoms with Crippen molar-refractivity contribution in [1.82, 2.24) is 10.3 Å². The second-order valence-electron chi connectivity index (χ2n) is 4.35. The highest BCUT2D eigenvalue weighted by atomic mass is 32.1. The molecule has 0 fully saturated rings. The fourth-order valence-corrected chi connectivity index (χ4v) is 4.16. The van der Waals surface area contributed by atoms with Crippen molar-refractivity contribution in [1.29, 1.82) is 0 Å². The molecule has 4 heteroatoms. The highest BCUT2D eigenvalue weighted by Crippen LogP contribution is 2.32. The number of hydrogen-bond donors (Lipinski definition) is 1. The minimum absolute atomic E-state index is 0.262. The Labute approximate surface area is 117 Å². The van der Waals surface area contributed by atoms with Gasteiger partial charge in [0.15, 0.2) is 0 Å². The van der Waals surface area contributed by atoms with Gasteiger partial charge in [-0.1, -0.05) is 13.8 Å². The Morgan fingerprint density at radius 1 is 1.22 bits per heavy atom. The number of nitrogens with zero attached hydrogens (tertiary/aromatic N) is 1. The van der Waals surface area contributed by atoms with Crippen molar-refractivity contribution < 1.29 is 0 Å². The van der Waals surface area contributed by atoms with Crippen molar-refractivity contribution in [2.75, 3.05) is 6.54 Å². The molecule has 0 aromatic carbocycles. The minimum Gasteiger partial charge on any atom is -0.304 e. The van der Waals surface area contributed by atoms with Gasteiger partial charge in [-0.05, 0) is 38.9 Å². The van der Waals surface area contributed by atoms with Crippen LogP contribution in [0.4, 0.5) is 0 Å². The van der Waals surface area contributed by atoms with Crippen LogP contribution in [0.25, 0.3) is 0 Å². The van der Waals surface area contributed by atoms with E-state index in [4.69, 9.17) is 4.98 Å². The van der Waals surface area contributed by atoms with E-state index < -0.39 is 0 Å². The maximum atomic E-state index is 4.80. The van der Waals surface area contributed by atoms with Gasteiger partial charge in [0.2, 0.25) is 0 Å². The van der Waals surface area contributed by atoms with Crippen LogP contribution in [0, 0.1) is 13.8 Å². The molecule has 1 N–H and O–H groups in total. The zero-order chi connectivity index (χ0) is 13.1. The predicted molar refractivity (Wildman–Crippen MR) is 80.8 cm³/mol. The summed E-state index contributed by atoms with van der Waals surface area (Å²) in [6.45, 7) is 9.60. The summed E-state index contributed by atoms with van der Waals surface area (Å²) >= 11 is 3.68. The molecule has 0 spiro atoms. The van der Waals surface area contributed by atoms with Crippen LogP contribution in [-0.4, -0.2) is 11.5 Å². The van der Waals surface area contributed by atoms with Gasteiger partial charge in [0, 0.05) is 14.6 Å². The largest absolute Gasteiger partial charge is 0.304 e. The highest BCUT2D eigenvalue weighted by Gasteiger charge is 2.19. The molecule has 2 rings (SSSR count). The maximum absolute atomic E-state index is 4.80. The number of aryl methyl sites for hydroxylation is 3. The first-order valence-corrected chi connectivity index (χ1v) is 8.04. The molecule has 1 unspecified atom stereocenters. The summed E-state index contributed by atoms with van der Waals surface area (Å²) in [6.07, 6.45) is 1.02. The van der Waals surface area contributed by atoms with Gasteiger partial charge in [-0.15, -0.1) is 22.7 Å². The van der Waals surface area contributed by atoms with Gasteiger partial charge in [-0.2, -0.15) is 0 Å². The molecule has 0 bridgehead atoms. The molecule has 98 valence electrons. The Hall–Kier alpha value is -0.710. The predicted octanol–water partition coefficient (Wildman–Crippen LogP) is 4.08. The van der Waals surface area contributed by atoms with Crippen LogP contribution in [0.2, 0.25) is 0 Å². The SMILES string of the molecule is CCNC(c1ccc(C)s1)c1nc(CC)c(C)s1. The molecule has 2 aromatic rings. The van der Waals surface area contributed by atoms with Crippen LogP contribution < -0.4 is 5.32 Å². The van der Waals surface area contributed by atoms with Crippen LogP contribution in [0.5, 0.6) is 0 Å². The first kappa shape index (κ1) is 13.7. The third kappa shape index (κ3) is 2.82. The van der Waals surface area contributed by atoms with Crippen molar-refractivity contribution in [3.8, 4) is 0 Å². The lowest BCUT2D eigenvalue weighted by molar-refractivity contribution is 0.634. The summed E-state index contributed by atoms with van der Waals surface area (Å²) in [5, 5.41) is 4.75. The molecule has 1 atom stereocenters. The van der Waals surface area contributed by atoms with E-state index in [1.54, 1.807) is 0 Å². The third-order valence-electron chi connectivity index (χ3n) is 2.94. The third-order valence-corrected chi connectivity index (χ3v) is 5.09. The van der Waals surface area contributed by atoms with Crippen molar-refractivity contribution in [3.63, 3.8) is 0 Å². The Bertz CT molecular complexity index is 514. The zero-order valence-corrected chi connectivity index (χ0v) is 13.0. The average molecular weight is 280 g/mol. The molecular formula is C14H20N2S2. The molecule has 0 aliphatic heterocycles. The van der Waals surface area contributed by atoms with Crippen LogP contribution in [0.1, 0.15) is 45.2 Å². The number of hydrogen-bond acceptors (Lipinski definition) is 4. The second-order valence-corrected chi connectivity index (χ2v) is 6.90. The molecule has 0 saturated carbocycles. The summed E-state index contributed by atoms with van der Waals surface area (Å²) in [5.74, 6) is 0. The topological polar surface area (TPSA) is 24.9 Å². The van der Waals surface area contributed by atoms with E-state index >= 15 is 0 Å². The normalized spacial score (nSPS) is 12.9. The van der Waals surface area contributed by atoms with E-state index in [0.717, 1.165) is 13.0 Å².